The predicted octanol–water partition coefficient (Wildman–Crippen LogP) is 1.77. The average Bonchev–Trinajstić information content (AvgIpc) is 2.28. The molecule has 1 rings (SSSR count). The molecular weight excluding hydrogens is 375 g/mol. The van der Waals surface area contributed by atoms with Crippen molar-refractivity contribution >= 4 is 17.9 Å². The number of methoxy groups -OCH3 is 1. The molecule has 0 atom stereocenters. The Labute approximate surface area is 137 Å². The first-order valence-electron chi connectivity index (χ1n) is 5.22. The predicted molar refractivity (Wildman–Crippen MR) is 71.8 cm³/mol. The number of hydrogen-bond donors (Lipinski definition) is 3. The summed E-state index contributed by atoms with van der Waals surface area (Å²) in [7, 11) is 1.65. The van der Waals surface area contributed by atoms with E-state index in [0.717, 1.165) is 26.5 Å². The monoisotopic (exact) mass is 393 g/mol. The second kappa shape index (κ2) is 20.4. The molecule has 1 aromatic carbocycles. The molecule has 21 heavy (non-hydrogen) atoms. The molecule has 0 aliphatic heterocycles. The molecule has 0 aromatic heterocycles. The molecule has 8 heteroatoms. The molecule has 0 aliphatic carbocycles. The smallest absolute Gasteiger partial charge is 0.300 e. The number of rotatable bonds is 1. The van der Waals surface area contributed by atoms with Crippen LogP contribution in [0, 0.1) is 6.07 Å². The summed E-state index contributed by atoms with van der Waals surface area (Å²) in [4.78, 5) is 27.0. The van der Waals surface area contributed by atoms with Gasteiger partial charge in [0.25, 0.3) is 17.9 Å². The minimum atomic E-state index is -0.833. The van der Waals surface area contributed by atoms with Crippen LogP contribution in [0.1, 0.15) is 20.8 Å². The number of carboxylic acid groups (broad SMARTS) is 3. The molecule has 0 amide bonds. The molecule has 0 saturated heterocycles. The number of carbonyl (C=O) groups is 3. The van der Waals surface area contributed by atoms with Gasteiger partial charge in [-0.25, -0.2) is 0 Å². The van der Waals surface area contributed by atoms with E-state index in [1.54, 1.807) is 7.11 Å². The van der Waals surface area contributed by atoms with Crippen LogP contribution in [0.3, 0.4) is 0 Å². The Kier molecular flexibility index (Phi) is 26.7. The third-order valence-corrected chi connectivity index (χ3v) is 0.923. The Hall–Kier alpha value is -1.91. The van der Waals surface area contributed by atoms with Crippen molar-refractivity contribution in [1.29, 1.82) is 0 Å². The second-order valence-corrected chi connectivity index (χ2v) is 3.00. The normalized spacial score (nSPS) is 6.86. The molecular formula is C13H19O7Pd-. The summed E-state index contributed by atoms with van der Waals surface area (Å²) in [5.74, 6) is -1.62. The minimum absolute atomic E-state index is 0. The summed E-state index contributed by atoms with van der Waals surface area (Å²) in [6.45, 7) is 3.25. The molecule has 0 radical (unpaired) electrons. The summed E-state index contributed by atoms with van der Waals surface area (Å²) < 4.78 is 4.89. The quantitative estimate of drug-likeness (QED) is 0.491. The molecule has 1 aromatic rings. The number of carboxylic acids is 3. The van der Waals surface area contributed by atoms with Crippen molar-refractivity contribution in [3.05, 3.63) is 30.3 Å². The van der Waals surface area contributed by atoms with Gasteiger partial charge in [-0.15, -0.1) is 12.1 Å². The summed E-state index contributed by atoms with van der Waals surface area (Å²) in [6.07, 6.45) is 0. The molecule has 7 nitrogen and oxygen atoms in total. The van der Waals surface area contributed by atoms with Crippen LogP contribution >= 0.6 is 0 Å². The summed E-state index contributed by atoms with van der Waals surface area (Å²) in [6, 6.07) is 10.2. The van der Waals surface area contributed by atoms with Crippen molar-refractivity contribution in [2.75, 3.05) is 7.11 Å². The average molecular weight is 394 g/mol. The summed E-state index contributed by atoms with van der Waals surface area (Å²) in [5.41, 5.74) is 0. The molecule has 0 saturated carbocycles. The number of aliphatic carboxylic acids is 3. The summed E-state index contributed by atoms with van der Waals surface area (Å²) >= 11 is 0. The zero-order valence-corrected chi connectivity index (χ0v) is 13.7. The minimum Gasteiger partial charge on any atom is -0.522 e. The molecule has 0 fully saturated rings. The van der Waals surface area contributed by atoms with E-state index in [-0.39, 0.29) is 20.4 Å². The van der Waals surface area contributed by atoms with Crippen LogP contribution in [0.4, 0.5) is 0 Å². The van der Waals surface area contributed by atoms with Crippen molar-refractivity contribution in [3.63, 3.8) is 0 Å². The van der Waals surface area contributed by atoms with E-state index in [4.69, 9.17) is 34.4 Å². The second-order valence-electron chi connectivity index (χ2n) is 3.00. The maximum Gasteiger partial charge on any atom is 0.300 e. The standard InChI is InChI=1S/C7H7O.3C2H4O2.Pd/c1-8-7-5-3-2-4-6-7;3*1-2(3)4;/h3-6H,1H3;3*1H3,(H,3,4);/q-1;;;;. The van der Waals surface area contributed by atoms with Crippen LogP contribution in [0.25, 0.3) is 0 Å². The van der Waals surface area contributed by atoms with Crippen LogP contribution < -0.4 is 4.74 Å². The third kappa shape index (κ3) is 71.5. The van der Waals surface area contributed by atoms with E-state index in [2.05, 4.69) is 6.07 Å². The first-order chi connectivity index (χ1) is 9.13. The Morgan fingerprint density at radius 2 is 1.14 bits per heavy atom. The van der Waals surface area contributed by atoms with Gasteiger partial charge >= 0.3 is 0 Å². The number of hydrogen-bond acceptors (Lipinski definition) is 4. The van der Waals surface area contributed by atoms with Crippen LogP contribution in [0.15, 0.2) is 24.3 Å². The molecule has 3 N–H and O–H groups in total. The van der Waals surface area contributed by atoms with Crippen molar-refractivity contribution in [2.45, 2.75) is 20.8 Å². The number of benzene rings is 1. The topological polar surface area (TPSA) is 121 Å². The van der Waals surface area contributed by atoms with Crippen molar-refractivity contribution < 1.29 is 54.9 Å². The van der Waals surface area contributed by atoms with Gasteiger partial charge in [-0.3, -0.25) is 14.4 Å². The molecule has 0 aliphatic rings. The van der Waals surface area contributed by atoms with Crippen molar-refractivity contribution in [2.24, 2.45) is 0 Å². The van der Waals surface area contributed by atoms with Crippen LogP contribution in [0.5, 0.6) is 5.75 Å². The largest absolute Gasteiger partial charge is 0.522 e. The van der Waals surface area contributed by atoms with Crippen molar-refractivity contribution in [3.8, 4) is 5.75 Å². The van der Waals surface area contributed by atoms with Gasteiger partial charge in [0.2, 0.25) is 0 Å². The van der Waals surface area contributed by atoms with Gasteiger partial charge in [0.1, 0.15) is 0 Å². The van der Waals surface area contributed by atoms with Gasteiger partial charge in [-0.05, 0) is 0 Å². The SMILES string of the molecule is CC(=O)O.CC(=O)O.CC(=O)O.COc1cc[c-]cc1.[Pd]. The van der Waals surface area contributed by atoms with E-state index in [1.807, 2.05) is 24.3 Å². The van der Waals surface area contributed by atoms with E-state index in [1.165, 1.54) is 0 Å². The third-order valence-electron chi connectivity index (χ3n) is 0.923. The van der Waals surface area contributed by atoms with E-state index >= 15 is 0 Å². The van der Waals surface area contributed by atoms with E-state index in [9.17, 15) is 0 Å². The molecule has 0 bridgehead atoms. The Morgan fingerprint density at radius 3 is 1.29 bits per heavy atom. The fraction of sp³-hybridized carbons (Fsp3) is 0.308. The zero-order chi connectivity index (χ0) is 16.6. The van der Waals surface area contributed by atoms with Crippen LogP contribution in [-0.2, 0) is 34.8 Å². The van der Waals surface area contributed by atoms with Crippen LogP contribution in [-0.4, -0.2) is 40.3 Å². The molecule has 0 unspecified atom stereocenters. The Balaban J connectivity index is -0.0000000973. The summed E-state index contributed by atoms with van der Waals surface area (Å²) in [5, 5.41) is 22.2. The number of ether oxygens (including phenoxy) is 1. The van der Waals surface area contributed by atoms with Gasteiger partial charge in [0.05, 0.1) is 7.11 Å². The van der Waals surface area contributed by atoms with Gasteiger partial charge in [0, 0.05) is 46.9 Å². The van der Waals surface area contributed by atoms with Gasteiger partial charge < -0.3 is 20.1 Å². The fourth-order valence-electron chi connectivity index (χ4n) is 0.508. The van der Waals surface area contributed by atoms with Gasteiger partial charge in [-0.1, -0.05) is 0 Å². The zero-order valence-electron chi connectivity index (χ0n) is 12.1. The van der Waals surface area contributed by atoms with Gasteiger partial charge in [-0.2, -0.15) is 18.2 Å². The molecule has 0 heterocycles. The van der Waals surface area contributed by atoms with Crippen LogP contribution in [0.2, 0.25) is 0 Å². The van der Waals surface area contributed by atoms with E-state index < -0.39 is 17.9 Å². The Bertz CT molecular complexity index is 339. The molecule has 124 valence electrons. The fourth-order valence-corrected chi connectivity index (χ4v) is 0.508. The first-order valence-corrected chi connectivity index (χ1v) is 5.22. The van der Waals surface area contributed by atoms with Crippen molar-refractivity contribution in [1.82, 2.24) is 0 Å². The Morgan fingerprint density at radius 1 is 0.905 bits per heavy atom. The molecule has 0 spiro atoms. The maximum absolute atomic E-state index is 9.00. The van der Waals surface area contributed by atoms with Gasteiger partial charge in [0.15, 0.2) is 0 Å². The maximum atomic E-state index is 9.00. The first kappa shape index (κ1) is 27.4. The van der Waals surface area contributed by atoms with E-state index in [0.29, 0.717) is 0 Å².